The lowest BCUT2D eigenvalue weighted by Crippen LogP contribution is -2.37. The van der Waals surface area contributed by atoms with E-state index in [0.29, 0.717) is 30.7 Å². The number of nitrogens with zero attached hydrogens (tertiary/aromatic N) is 3. The number of ether oxygens (including phenoxy) is 2. The van der Waals surface area contributed by atoms with Crippen LogP contribution in [0.3, 0.4) is 0 Å². The molecule has 3 rings (SSSR count). The monoisotopic (exact) mass is 338 g/mol. The predicted octanol–water partition coefficient (Wildman–Crippen LogP) is 1.53. The van der Waals surface area contributed by atoms with Crippen LogP contribution in [0.25, 0.3) is 0 Å². The fourth-order valence-electron chi connectivity index (χ4n) is 3.24. The van der Waals surface area contributed by atoms with Gasteiger partial charge in [-0.15, -0.1) is 0 Å². The lowest BCUT2D eigenvalue weighted by atomic mass is 10.0. The maximum absolute atomic E-state index is 11.9. The molecule has 1 N–H and O–H groups in total. The molecule has 2 fully saturated rings. The van der Waals surface area contributed by atoms with Crippen molar-refractivity contribution in [3.8, 4) is 0 Å². The van der Waals surface area contributed by atoms with Crippen molar-refractivity contribution in [2.75, 3.05) is 40.0 Å². The van der Waals surface area contributed by atoms with Crippen molar-refractivity contribution < 1.29 is 18.8 Å². The van der Waals surface area contributed by atoms with Gasteiger partial charge in [-0.2, -0.15) is 4.98 Å². The Balaban J connectivity index is 1.44. The third-order valence-electron chi connectivity index (χ3n) is 4.66. The Bertz CT molecular complexity index is 530. The van der Waals surface area contributed by atoms with Gasteiger partial charge >= 0.3 is 6.03 Å². The van der Waals surface area contributed by atoms with Gasteiger partial charge in [0.05, 0.1) is 6.61 Å². The van der Waals surface area contributed by atoms with Crippen LogP contribution in [-0.2, 0) is 15.9 Å². The summed E-state index contributed by atoms with van der Waals surface area (Å²) in [5.74, 6) is 1.76. The number of amides is 2. The van der Waals surface area contributed by atoms with Gasteiger partial charge in [-0.05, 0) is 31.6 Å². The van der Waals surface area contributed by atoms with Crippen LogP contribution in [0.2, 0.25) is 0 Å². The van der Waals surface area contributed by atoms with Crippen LogP contribution in [0.1, 0.15) is 43.4 Å². The first-order chi connectivity index (χ1) is 11.8. The second-order valence-electron chi connectivity index (χ2n) is 6.34. The minimum absolute atomic E-state index is 0.1000. The number of rotatable bonds is 6. The van der Waals surface area contributed by atoms with E-state index in [1.165, 1.54) is 0 Å². The highest BCUT2D eigenvalue weighted by molar-refractivity contribution is 5.74. The first-order valence-electron chi connectivity index (χ1n) is 8.74. The highest BCUT2D eigenvalue weighted by atomic mass is 16.5. The number of carbonyl (C=O) groups excluding carboxylic acids is 1. The molecule has 8 nitrogen and oxygen atoms in total. The van der Waals surface area contributed by atoms with Crippen LogP contribution in [0, 0.1) is 5.92 Å². The molecule has 2 aliphatic rings. The maximum Gasteiger partial charge on any atom is 0.317 e. The number of hydrogen-bond acceptors (Lipinski definition) is 6. The van der Waals surface area contributed by atoms with Crippen molar-refractivity contribution in [2.45, 2.75) is 38.1 Å². The fraction of sp³-hybridized carbons (Fsp3) is 0.812. The zero-order valence-corrected chi connectivity index (χ0v) is 14.2. The van der Waals surface area contributed by atoms with Crippen LogP contribution in [0.4, 0.5) is 4.79 Å². The molecule has 1 atom stereocenters. The fourth-order valence-corrected chi connectivity index (χ4v) is 3.24. The molecule has 0 aliphatic carbocycles. The number of carbonyl (C=O) groups is 1. The molecule has 0 saturated carbocycles. The van der Waals surface area contributed by atoms with Gasteiger partial charge in [0, 0.05) is 39.8 Å². The third-order valence-corrected chi connectivity index (χ3v) is 4.66. The zero-order valence-electron chi connectivity index (χ0n) is 14.2. The summed E-state index contributed by atoms with van der Waals surface area (Å²) in [7, 11) is 1.63. The van der Waals surface area contributed by atoms with Crippen LogP contribution in [-0.4, -0.2) is 61.1 Å². The van der Waals surface area contributed by atoms with Crippen LogP contribution < -0.4 is 5.32 Å². The molecule has 8 heteroatoms. The number of aromatic nitrogens is 2. The molecule has 1 aromatic heterocycles. The topological polar surface area (TPSA) is 89.7 Å². The van der Waals surface area contributed by atoms with Gasteiger partial charge in [-0.25, -0.2) is 4.79 Å². The summed E-state index contributed by atoms with van der Waals surface area (Å²) < 4.78 is 16.4. The second-order valence-corrected chi connectivity index (χ2v) is 6.34. The Kier molecular flexibility index (Phi) is 6.03. The number of hydrogen-bond donors (Lipinski definition) is 1. The van der Waals surface area contributed by atoms with E-state index in [1.807, 2.05) is 0 Å². The number of likely N-dealkylation sites (tertiary alicyclic amines) is 1. The van der Waals surface area contributed by atoms with Gasteiger partial charge in [-0.1, -0.05) is 5.16 Å². The van der Waals surface area contributed by atoms with Gasteiger partial charge in [0.15, 0.2) is 5.82 Å². The van der Waals surface area contributed by atoms with Gasteiger partial charge in [0.25, 0.3) is 0 Å². The molecule has 24 heavy (non-hydrogen) atoms. The van der Waals surface area contributed by atoms with Gasteiger partial charge in [0.1, 0.15) is 6.04 Å². The first kappa shape index (κ1) is 17.2. The Labute approximate surface area is 141 Å². The molecule has 2 saturated heterocycles. The van der Waals surface area contributed by atoms with Crippen LogP contribution >= 0.6 is 0 Å². The summed E-state index contributed by atoms with van der Waals surface area (Å²) in [6.45, 7) is 3.74. The first-order valence-corrected chi connectivity index (χ1v) is 8.74. The molecule has 134 valence electrons. The maximum atomic E-state index is 11.9. The lowest BCUT2D eigenvalue weighted by Gasteiger charge is -2.21. The van der Waals surface area contributed by atoms with E-state index in [0.717, 1.165) is 52.0 Å². The summed E-state index contributed by atoms with van der Waals surface area (Å²) in [4.78, 5) is 18.1. The van der Waals surface area contributed by atoms with E-state index < -0.39 is 0 Å². The van der Waals surface area contributed by atoms with E-state index in [2.05, 4.69) is 15.5 Å². The minimum atomic E-state index is -0.116. The summed E-state index contributed by atoms with van der Waals surface area (Å²) in [6, 6.07) is -0.216. The van der Waals surface area contributed by atoms with Crippen molar-refractivity contribution in [3.63, 3.8) is 0 Å². The predicted molar refractivity (Wildman–Crippen MR) is 85.5 cm³/mol. The summed E-state index contributed by atoms with van der Waals surface area (Å²) in [5, 5.41) is 6.67. The van der Waals surface area contributed by atoms with E-state index >= 15 is 0 Å². The quantitative estimate of drug-likeness (QED) is 0.791. The summed E-state index contributed by atoms with van der Waals surface area (Å²) >= 11 is 0. The highest BCUT2D eigenvalue weighted by Gasteiger charge is 2.33. The smallest absolute Gasteiger partial charge is 0.317 e. The second kappa shape index (κ2) is 8.43. The van der Waals surface area contributed by atoms with E-state index in [9.17, 15) is 4.79 Å². The normalized spacial score (nSPS) is 22.0. The average molecular weight is 338 g/mol. The van der Waals surface area contributed by atoms with E-state index in [4.69, 9.17) is 14.0 Å². The largest absolute Gasteiger partial charge is 0.381 e. The average Bonchev–Trinajstić information content (AvgIpc) is 3.28. The molecule has 3 heterocycles. The molecule has 1 aromatic rings. The van der Waals surface area contributed by atoms with Crippen LogP contribution in [0.5, 0.6) is 0 Å². The van der Waals surface area contributed by atoms with Crippen molar-refractivity contribution in [1.82, 2.24) is 20.4 Å². The van der Waals surface area contributed by atoms with E-state index in [-0.39, 0.29) is 12.1 Å². The highest BCUT2D eigenvalue weighted by Crippen LogP contribution is 2.30. The van der Waals surface area contributed by atoms with Gasteiger partial charge in [-0.3, -0.25) is 0 Å². The SMILES string of the molecule is CNC(=O)N1CCCC1c1nc(CCOCC2CCOCC2)no1. The molecule has 2 aliphatic heterocycles. The zero-order chi connectivity index (χ0) is 16.8. The molecule has 0 radical (unpaired) electrons. The molecule has 1 unspecified atom stereocenters. The van der Waals surface area contributed by atoms with Crippen LogP contribution in [0.15, 0.2) is 4.52 Å². The minimum Gasteiger partial charge on any atom is -0.381 e. The number of nitrogens with one attached hydrogen (secondary N) is 1. The molecular weight excluding hydrogens is 312 g/mol. The summed E-state index contributed by atoms with van der Waals surface area (Å²) in [6.07, 6.45) is 4.57. The molecular formula is C16H26N4O4. The van der Waals surface area contributed by atoms with Gasteiger partial charge < -0.3 is 24.2 Å². The Morgan fingerprint density at radius 2 is 2.21 bits per heavy atom. The van der Waals surface area contributed by atoms with Crippen molar-refractivity contribution in [1.29, 1.82) is 0 Å². The van der Waals surface area contributed by atoms with Gasteiger partial charge in [0.2, 0.25) is 5.89 Å². The van der Waals surface area contributed by atoms with Crippen molar-refractivity contribution >= 4 is 6.03 Å². The molecule has 0 spiro atoms. The Hall–Kier alpha value is -1.67. The number of urea groups is 1. The molecule has 0 bridgehead atoms. The van der Waals surface area contributed by atoms with Crippen molar-refractivity contribution in [3.05, 3.63) is 11.7 Å². The molecule has 0 aromatic carbocycles. The molecule has 2 amide bonds. The lowest BCUT2D eigenvalue weighted by molar-refractivity contribution is 0.0211. The van der Waals surface area contributed by atoms with E-state index in [1.54, 1.807) is 11.9 Å². The Morgan fingerprint density at radius 3 is 3.00 bits per heavy atom. The third kappa shape index (κ3) is 4.24. The summed E-state index contributed by atoms with van der Waals surface area (Å²) in [5.41, 5.74) is 0. The standard InChI is InChI=1S/C16H26N4O4/c1-17-16(21)20-7-2-3-13(20)15-18-14(19-24-15)6-10-23-11-12-4-8-22-9-5-12/h12-13H,2-11H2,1H3,(H,17,21). The Morgan fingerprint density at radius 1 is 1.38 bits per heavy atom. The van der Waals surface area contributed by atoms with Crippen molar-refractivity contribution in [2.24, 2.45) is 5.92 Å².